The molecule has 1 fully saturated rings. The van der Waals surface area contributed by atoms with E-state index < -0.39 is 33.9 Å². The molecule has 3 rings (SSSR count). The average molecular weight is 474 g/mol. The molecule has 1 aliphatic rings. The summed E-state index contributed by atoms with van der Waals surface area (Å²) in [7, 11) is -3.60. The van der Waals surface area contributed by atoms with Gasteiger partial charge in [0.1, 0.15) is 0 Å². The van der Waals surface area contributed by atoms with Crippen LogP contribution in [-0.2, 0) is 29.1 Å². The number of sulfonamides is 1. The monoisotopic (exact) mass is 473 g/mol. The maximum Gasteiger partial charge on any atom is 0.309 e. The van der Waals surface area contributed by atoms with Crippen molar-refractivity contribution in [3.05, 3.63) is 54.6 Å². The molecule has 1 saturated heterocycles. The van der Waals surface area contributed by atoms with Crippen molar-refractivity contribution >= 4 is 39.2 Å². The van der Waals surface area contributed by atoms with Gasteiger partial charge in [0.05, 0.1) is 10.8 Å². The Kier molecular flexibility index (Phi) is 7.83. The highest BCUT2D eigenvalue weighted by Gasteiger charge is 2.33. The highest BCUT2D eigenvalue weighted by atomic mass is 32.2. The molecule has 1 aliphatic heterocycles. The largest absolute Gasteiger partial charge is 0.452 e. The predicted molar refractivity (Wildman–Crippen MR) is 123 cm³/mol. The Morgan fingerprint density at radius 3 is 2.03 bits per heavy atom. The van der Waals surface area contributed by atoms with E-state index in [1.54, 1.807) is 54.6 Å². The Morgan fingerprint density at radius 2 is 1.48 bits per heavy atom. The fourth-order valence-corrected chi connectivity index (χ4v) is 4.97. The summed E-state index contributed by atoms with van der Waals surface area (Å²) in [6, 6.07) is 14.7. The number of piperidine rings is 1. The Hall–Kier alpha value is -3.24. The molecule has 33 heavy (non-hydrogen) atoms. The molecule has 0 radical (unpaired) electrons. The van der Waals surface area contributed by atoms with Gasteiger partial charge >= 0.3 is 5.97 Å². The van der Waals surface area contributed by atoms with Crippen LogP contribution >= 0.6 is 0 Å². The summed E-state index contributed by atoms with van der Waals surface area (Å²) >= 11 is 0. The number of rotatable bonds is 7. The van der Waals surface area contributed by atoms with Crippen molar-refractivity contribution in [1.29, 1.82) is 0 Å². The number of anilines is 2. The molecule has 0 saturated carbocycles. The number of nitrogens with zero attached hydrogens (tertiary/aromatic N) is 1. The van der Waals surface area contributed by atoms with Gasteiger partial charge in [0.15, 0.2) is 6.10 Å². The number of benzene rings is 2. The van der Waals surface area contributed by atoms with E-state index >= 15 is 0 Å². The Bertz CT molecular complexity index is 1090. The van der Waals surface area contributed by atoms with Crippen molar-refractivity contribution in [1.82, 2.24) is 4.31 Å². The van der Waals surface area contributed by atoms with E-state index in [1.165, 1.54) is 18.2 Å². The van der Waals surface area contributed by atoms with Crippen LogP contribution in [0.15, 0.2) is 59.5 Å². The number of hydrogen-bond acceptors (Lipinski definition) is 6. The van der Waals surface area contributed by atoms with Gasteiger partial charge in [-0.25, -0.2) is 8.42 Å². The number of carbonyl (C=O) groups is 3. The summed E-state index contributed by atoms with van der Waals surface area (Å²) in [5.41, 5.74) is 1.09. The first-order chi connectivity index (χ1) is 15.7. The van der Waals surface area contributed by atoms with Crippen molar-refractivity contribution in [2.24, 2.45) is 5.92 Å². The molecule has 9 nitrogen and oxygen atoms in total. The molecular weight excluding hydrogens is 446 g/mol. The van der Waals surface area contributed by atoms with Crippen LogP contribution in [-0.4, -0.2) is 49.7 Å². The molecular formula is C23H27N3O6S. The lowest BCUT2D eigenvalue weighted by atomic mass is 9.98. The van der Waals surface area contributed by atoms with Crippen LogP contribution in [0.4, 0.5) is 11.4 Å². The number of ether oxygens (including phenoxy) is 1. The summed E-state index contributed by atoms with van der Waals surface area (Å²) < 4.78 is 32.1. The van der Waals surface area contributed by atoms with Crippen molar-refractivity contribution in [2.45, 2.75) is 37.7 Å². The Morgan fingerprint density at radius 1 is 0.939 bits per heavy atom. The topological polar surface area (TPSA) is 122 Å². The molecule has 10 heteroatoms. The number of carbonyl (C=O) groups excluding carboxylic acids is 3. The summed E-state index contributed by atoms with van der Waals surface area (Å²) in [5, 5.41) is 5.29. The predicted octanol–water partition coefficient (Wildman–Crippen LogP) is 2.62. The summed E-state index contributed by atoms with van der Waals surface area (Å²) in [6.45, 7) is 3.29. The average Bonchev–Trinajstić information content (AvgIpc) is 2.80. The van der Waals surface area contributed by atoms with Crippen LogP contribution in [0.2, 0.25) is 0 Å². The first kappa shape index (κ1) is 24.4. The Balaban J connectivity index is 1.49. The minimum atomic E-state index is -3.60. The lowest BCUT2D eigenvalue weighted by Gasteiger charge is -2.30. The minimum absolute atomic E-state index is 0.198. The molecule has 0 bridgehead atoms. The lowest BCUT2D eigenvalue weighted by Crippen LogP contribution is -2.41. The molecule has 176 valence electrons. The first-order valence-electron chi connectivity index (χ1n) is 10.6. The maximum atomic E-state index is 12.7. The van der Waals surface area contributed by atoms with E-state index in [2.05, 4.69) is 10.6 Å². The van der Waals surface area contributed by atoms with Gasteiger partial charge in [-0.3, -0.25) is 14.4 Å². The van der Waals surface area contributed by atoms with E-state index in [0.717, 1.165) is 0 Å². The van der Waals surface area contributed by atoms with Crippen LogP contribution in [0.1, 0.15) is 26.7 Å². The van der Waals surface area contributed by atoms with E-state index in [-0.39, 0.29) is 23.9 Å². The Labute approximate surface area is 193 Å². The zero-order chi connectivity index (χ0) is 24.0. The van der Waals surface area contributed by atoms with Crippen LogP contribution < -0.4 is 10.6 Å². The highest BCUT2D eigenvalue weighted by Crippen LogP contribution is 2.25. The second-order valence-corrected chi connectivity index (χ2v) is 9.76. The third-order valence-electron chi connectivity index (χ3n) is 5.30. The van der Waals surface area contributed by atoms with Gasteiger partial charge in [-0.2, -0.15) is 4.31 Å². The van der Waals surface area contributed by atoms with Gasteiger partial charge in [0.2, 0.25) is 15.9 Å². The van der Waals surface area contributed by atoms with Gasteiger partial charge < -0.3 is 15.4 Å². The molecule has 2 aromatic carbocycles. The number of hydrogen-bond donors (Lipinski definition) is 2. The molecule has 1 heterocycles. The van der Waals surface area contributed by atoms with Crippen molar-refractivity contribution < 1.29 is 27.5 Å². The zero-order valence-corrected chi connectivity index (χ0v) is 19.3. The second-order valence-electron chi connectivity index (χ2n) is 7.82. The smallest absolute Gasteiger partial charge is 0.309 e. The molecule has 0 spiro atoms. The number of amides is 2. The number of esters is 1. The molecule has 1 atom stereocenters. The number of nitrogens with one attached hydrogen (secondary N) is 2. The van der Waals surface area contributed by atoms with Crippen LogP contribution in [0.5, 0.6) is 0 Å². The van der Waals surface area contributed by atoms with Crippen LogP contribution in [0, 0.1) is 5.92 Å². The summed E-state index contributed by atoms with van der Waals surface area (Å²) in [4.78, 5) is 36.2. The first-order valence-corrected chi connectivity index (χ1v) is 12.0. The van der Waals surface area contributed by atoms with E-state index in [9.17, 15) is 22.8 Å². The van der Waals surface area contributed by atoms with Gasteiger partial charge in [-0.05, 0) is 56.2 Å². The third-order valence-corrected chi connectivity index (χ3v) is 7.22. The maximum absolute atomic E-state index is 12.7. The zero-order valence-electron chi connectivity index (χ0n) is 18.5. The standard InChI is InChI=1S/C23H27N3O6S/c1-16(22(28)25-20-10-8-19(9-11-20)24-17(2)27)32-23(29)18-12-14-26(15-13-18)33(30,31)21-6-4-3-5-7-21/h3-11,16,18H,12-15H2,1-2H3,(H,24,27)(H,25,28)/t16-/m0/s1. The molecule has 0 aromatic heterocycles. The third kappa shape index (κ3) is 6.39. The van der Waals surface area contributed by atoms with Gasteiger partial charge in [-0.1, -0.05) is 18.2 Å². The lowest BCUT2D eigenvalue weighted by molar-refractivity contribution is -0.158. The van der Waals surface area contributed by atoms with E-state index in [4.69, 9.17) is 4.74 Å². The summed E-state index contributed by atoms with van der Waals surface area (Å²) in [6.07, 6.45) is -0.369. The second kappa shape index (κ2) is 10.6. The SMILES string of the molecule is CC(=O)Nc1ccc(NC(=O)[C@H](C)OC(=O)C2CCN(S(=O)(=O)c3ccccc3)CC2)cc1. The normalized spacial score (nSPS) is 15.9. The molecule has 2 amide bonds. The van der Waals surface area contributed by atoms with Crippen LogP contribution in [0.25, 0.3) is 0 Å². The van der Waals surface area contributed by atoms with Crippen molar-refractivity contribution in [3.63, 3.8) is 0 Å². The van der Waals surface area contributed by atoms with Gasteiger partial charge in [0.25, 0.3) is 5.91 Å². The molecule has 0 aliphatic carbocycles. The minimum Gasteiger partial charge on any atom is -0.452 e. The molecule has 0 unspecified atom stereocenters. The van der Waals surface area contributed by atoms with Crippen molar-refractivity contribution in [2.75, 3.05) is 23.7 Å². The fraction of sp³-hybridized carbons (Fsp3) is 0.348. The van der Waals surface area contributed by atoms with Gasteiger partial charge in [-0.15, -0.1) is 0 Å². The quantitative estimate of drug-likeness (QED) is 0.596. The van der Waals surface area contributed by atoms with Crippen molar-refractivity contribution in [3.8, 4) is 0 Å². The van der Waals surface area contributed by atoms with Gasteiger partial charge in [0, 0.05) is 31.4 Å². The van der Waals surface area contributed by atoms with E-state index in [0.29, 0.717) is 24.2 Å². The highest BCUT2D eigenvalue weighted by molar-refractivity contribution is 7.89. The molecule has 2 N–H and O–H groups in total. The summed E-state index contributed by atoms with van der Waals surface area (Å²) in [5.74, 6) is -1.68. The van der Waals surface area contributed by atoms with Crippen LogP contribution in [0.3, 0.4) is 0 Å². The fourth-order valence-electron chi connectivity index (χ4n) is 3.48. The molecule has 2 aromatic rings. The van der Waals surface area contributed by atoms with E-state index in [1.807, 2.05) is 0 Å².